The van der Waals surface area contributed by atoms with Crippen molar-refractivity contribution < 1.29 is 15.5 Å². The average Bonchev–Trinajstić information content (AvgIpc) is 2.40. The largest absolute Gasteiger partial charge is 0.389 e. The van der Waals surface area contributed by atoms with Gasteiger partial charge in [-0.3, -0.25) is 0 Å². The van der Waals surface area contributed by atoms with E-state index >= 15 is 0 Å². The van der Waals surface area contributed by atoms with E-state index in [4.69, 9.17) is 5.48 Å². The van der Waals surface area contributed by atoms with E-state index < -0.39 is 35.7 Å². The minimum atomic E-state index is -2.67. The van der Waals surface area contributed by atoms with Crippen LogP contribution in [-0.4, -0.2) is 25.7 Å². The van der Waals surface area contributed by atoms with Gasteiger partial charge in [0.15, 0.2) is 5.82 Å². The van der Waals surface area contributed by atoms with E-state index in [1.165, 1.54) is 6.92 Å². The van der Waals surface area contributed by atoms with Gasteiger partial charge >= 0.3 is 5.82 Å². The third-order valence-corrected chi connectivity index (χ3v) is 1.39. The van der Waals surface area contributed by atoms with Gasteiger partial charge in [-0.15, -0.1) is 0 Å². The Morgan fingerprint density at radius 3 is 3.23 bits per heavy atom. The zero-order valence-corrected chi connectivity index (χ0v) is 6.89. The van der Waals surface area contributed by atoms with Crippen molar-refractivity contribution in [2.75, 3.05) is 0 Å². The summed E-state index contributed by atoms with van der Waals surface area (Å²) in [4.78, 5) is 13.2. The van der Waals surface area contributed by atoms with E-state index in [9.17, 15) is 15.2 Å². The van der Waals surface area contributed by atoms with Gasteiger partial charge in [-0.1, -0.05) is 0 Å². The standard InChI is InChI=1S/C7H11N3O3/c1-5(11)4-9-6(2)8-3-7(9)10(12)13/h3,5,11H,4H2,1-2H3/i2D3,3D. The highest BCUT2D eigenvalue weighted by Crippen LogP contribution is 2.13. The number of aliphatic hydroxyl groups excluding tert-OH is 1. The lowest BCUT2D eigenvalue weighted by atomic mass is 10.4. The first-order chi connectivity index (χ1) is 7.64. The first-order valence-electron chi connectivity index (χ1n) is 5.54. The molecule has 1 atom stereocenters. The lowest BCUT2D eigenvalue weighted by molar-refractivity contribution is -0.392. The molecule has 0 aromatic carbocycles. The smallest absolute Gasteiger partial charge is 0.342 e. The molecule has 72 valence electrons. The van der Waals surface area contributed by atoms with Crippen molar-refractivity contribution in [3.8, 4) is 0 Å². The van der Waals surface area contributed by atoms with E-state index in [1.54, 1.807) is 0 Å². The Balaban J connectivity index is 3.41. The molecule has 1 aromatic rings. The zero-order valence-electron chi connectivity index (χ0n) is 10.9. The van der Waals surface area contributed by atoms with Crippen LogP contribution in [0, 0.1) is 17.0 Å². The SMILES string of the molecule is [2H]c1nc(C([2H])([2H])[2H])n(CC(C)O)c1[N+](=O)[O-]. The molecule has 0 radical (unpaired) electrons. The molecule has 1 rings (SSSR count). The Labute approximate surface area is 80.6 Å². The van der Waals surface area contributed by atoms with Crippen LogP contribution in [0.3, 0.4) is 0 Å². The number of imidazole rings is 1. The second kappa shape index (κ2) is 3.53. The molecule has 1 N–H and O–H groups in total. The number of hydrogen-bond donors (Lipinski definition) is 1. The first kappa shape index (κ1) is 5.33. The molecule has 0 aliphatic carbocycles. The van der Waals surface area contributed by atoms with Crippen LogP contribution in [0.1, 0.15) is 18.2 Å². The summed E-state index contributed by atoms with van der Waals surface area (Å²) in [6, 6.07) is 0. The fourth-order valence-corrected chi connectivity index (χ4v) is 0.901. The van der Waals surface area contributed by atoms with Crippen molar-refractivity contribution >= 4 is 5.82 Å². The molecular weight excluding hydrogens is 174 g/mol. The highest BCUT2D eigenvalue weighted by Gasteiger charge is 2.18. The van der Waals surface area contributed by atoms with Gasteiger partial charge in [0.05, 0.1) is 7.47 Å². The number of aryl methyl sites for hydroxylation is 1. The predicted octanol–water partition coefficient (Wildman–Crippen LogP) is 0.481. The predicted molar refractivity (Wildman–Crippen MR) is 45.3 cm³/mol. The molecule has 0 aliphatic heterocycles. The van der Waals surface area contributed by atoms with Crippen LogP contribution in [0.5, 0.6) is 0 Å². The molecule has 1 unspecified atom stereocenters. The van der Waals surface area contributed by atoms with Crippen LogP contribution in [0.15, 0.2) is 6.17 Å². The second-order valence-corrected chi connectivity index (χ2v) is 2.59. The maximum atomic E-state index is 10.7. The van der Waals surface area contributed by atoms with Crippen molar-refractivity contribution in [2.45, 2.75) is 26.4 Å². The van der Waals surface area contributed by atoms with Crippen molar-refractivity contribution in [1.82, 2.24) is 9.55 Å². The van der Waals surface area contributed by atoms with E-state index in [1.807, 2.05) is 0 Å². The summed E-state index contributed by atoms with van der Waals surface area (Å²) in [5, 5.41) is 19.9. The molecule has 1 heterocycles. The van der Waals surface area contributed by atoms with Crippen molar-refractivity contribution in [3.05, 3.63) is 22.1 Å². The number of nitro groups is 1. The van der Waals surface area contributed by atoms with Gasteiger partial charge in [0.2, 0.25) is 0 Å². The lowest BCUT2D eigenvalue weighted by Crippen LogP contribution is -2.14. The summed E-state index contributed by atoms with van der Waals surface area (Å²) in [5.74, 6) is -1.29. The molecule has 0 saturated heterocycles. The van der Waals surface area contributed by atoms with Crippen LogP contribution < -0.4 is 0 Å². The Morgan fingerprint density at radius 1 is 2.08 bits per heavy atom. The molecule has 6 nitrogen and oxygen atoms in total. The number of rotatable bonds is 3. The molecular formula is C7H11N3O3. The summed E-state index contributed by atoms with van der Waals surface area (Å²) in [7, 11) is 0. The summed E-state index contributed by atoms with van der Waals surface area (Å²) < 4.78 is 29.5. The van der Waals surface area contributed by atoms with Gasteiger partial charge in [-0.05, 0) is 11.8 Å². The van der Waals surface area contributed by atoms with Crippen molar-refractivity contribution in [2.24, 2.45) is 0 Å². The third-order valence-electron chi connectivity index (χ3n) is 1.39. The fourth-order valence-electron chi connectivity index (χ4n) is 0.901. The van der Waals surface area contributed by atoms with Crippen LogP contribution in [0.4, 0.5) is 5.82 Å². The van der Waals surface area contributed by atoms with Gasteiger partial charge in [-0.2, -0.15) is 0 Å². The monoisotopic (exact) mass is 189 g/mol. The highest BCUT2D eigenvalue weighted by molar-refractivity contribution is 5.18. The zero-order chi connectivity index (χ0) is 13.4. The minimum absolute atomic E-state index is 0.296. The molecule has 0 spiro atoms. The normalized spacial score (nSPS) is 18.3. The average molecular weight is 189 g/mol. The molecule has 0 fully saturated rings. The van der Waals surface area contributed by atoms with Crippen LogP contribution in [0.2, 0.25) is 0 Å². The van der Waals surface area contributed by atoms with Gasteiger partial charge in [0.1, 0.15) is 12.7 Å². The van der Waals surface area contributed by atoms with E-state index in [2.05, 4.69) is 4.98 Å². The number of aliphatic hydroxyl groups is 1. The van der Waals surface area contributed by atoms with Crippen LogP contribution in [0.25, 0.3) is 0 Å². The van der Waals surface area contributed by atoms with Gasteiger partial charge in [0, 0.05) is 11.0 Å². The van der Waals surface area contributed by atoms with Gasteiger partial charge in [-0.25, -0.2) is 9.55 Å². The second-order valence-electron chi connectivity index (χ2n) is 2.59. The Kier molecular flexibility index (Phi) is 1.45. The van der Waals surface area contributed by atoms with Gasteiger partial charge in [0.25, 0.3) is 0 Å². The minimum Gasteiger partial charge on any atom is -0.389 e. The number of nitrogens with zero attached hydrogens (tertiary/aromatic N) is 3. The molecule has 0 bridgehead atoms. The molecule has 0 aliphatic rings. The Morgan fingerprint density at radius 2 is 2.77 bits per heavy atom. The van der Waals surface area contributed by atoms with E-state index in [0.29, 0.717) is 0 Å². The van der Waals surface area contributed by atoms with Crippen LogP contribution in [-0.2, 0) is 6.54 Å². The fraction of sp³-hybridized carbons (Fsp3) is 0.571. The summed E-state index contributed by atoms with van der Waals surface area (Å²) in [5.41, 5.74) is 0. The number of aromatic nitrogens is 2. The summed E-state index contributed by atoms with van der Waals surface area (Å²) in [6.45, 7) is -1.61. The molecule has 13 heavy (non-hydrogen) atoms. The Bertz CT molecular complexity index is 440. The lowest BCUT2D eigenvalue weighted by Gasteiger charge is -2.04. The quantitative estimate of drug-likeness (QED) is 0.554. The molecule has 1 aromatic heterocycles. The topological polar surface area (TPSA) is 81.2 Å². The number of hydrogen-bond acceptors (Lipinski definition) is 4. The van der Waals surface area contributed by atoms with Crippen molar-refractivity contribution in [1.29, 1.82) is 0 Å². The first-order valence-corrected chi connectivity index (χ1v) is 3.54. The molecule has 6 heteroatoms. The highest BCUT2D eigenvalue weighted by atomic mass is 16.6. The van der Waals surface area contributed by atoms with Gasteiger partial charge < -0.3 is 15.2 Å². The Hall–Kier alpha value is -1.43. The maximum absolute atomic E-state index is 10.7. The molecule has 0 saturated carbocycles. The molecule has 0 amide bonds. The maximum Gasteiger partial charge on any atom is 0.342 e. The summed E-state index contributed by atoms with van der Waals surface area (Å²) in [6.07, 6.45) is -1.70. The third kappa shape index (κ3) is 2.03. The summed E-state index contributed by atoms with van der Waals surface area (Å²) >= 11 is 0. The van der Waals surface area contributed by atoms with E-state index in [-0.39, 0.29) is 6.54 Å². The van der Waals surface area contributed by atoms with Crippen molar-refractivity contribution in [3.63, 3.8) is 0 Å². The van der Waals surface area contributed by atoms with Crippen LogP contribution >= 0.6 is 0 Å². The van der Waals surface area contributed by atoms with E-state index in [0.717, 1.165) is 4.57 Å².